The minimum atomic E-state index is -0.754. The number of nitrogens with two attached hydrogens (primary N) is 1. The molecule has 2 aliphatic rings. The van der Waals surface area contributed by atoms with Crippen molar-refractivity contribution in [2.45, 2.75) is 57.6 Å². The summed E-state index contributed by atoms with van der Waals surface area (Å²) in [5.41, 5.74) is 7.52. The van der Waals surface area contributed by atoms with Crippen LogP contribution in [-0.4, -0.2) is 80.7 Å². The molecule has 3 aromatic rings. The van der Waals surface area contributed by atoms with Crippen LogP contribution in [0.3, 0.4) is 0 Å². The van der Waals surface area contributed by atoms with Crippen molar-refractivity contribution in [3.8, 4) is 11.5 Å². The SMILES string of the molecule is CC(=N)N1CCC(Oc2ccc(OCC(C(=O)NCC3CCC(C(=O)O)CC3)n3cnc4cc(C(N)=NO)ccc43)cc2)CC1. The number of aromatic nitrogens is 2. The molecule has 13 heteroatoms. The summed E-state index contributed by atoms with van der Waals surface area (Å²) >= 11 is 0. The van der Waals surface area contributed by atoms with E-state index < -0.39 is 12.0 Å². The number of carbonyl (C=O) groups excluding carboxylic acids is 1. The molecule has 6 N–H and O–H groups in total. The Labute approximate surface area is 261 Å². The third-order valence-electron chi connectivity index (χ3n) is 8.83. The van der Waals surface area contributed by atoms with Gasteiger partial charge < -0.3 is 40.3 Å². The lowest BCUT2D eigenvalue weighted by atomic mass is 9.82. The molecular weight excluding hydrogens is 578 g/mol. The Morgan fingerprint density at radius 1 is 1.09 bits per heavy atom. The van der Waals surface area contributed by atoms with Crippen LogP contribution in [0.25, 0.3) is 11.0 Å². The lowest BCUT2D eigenvalue weighted by Gasteiger charge is -2.32. The summed E-state index contributed by atoms with van der Waals surface area (Å²) in [6, 6.07) is 11.7. The highest BCUT2D eigenvalue weighted by atomic mass is 16.5. The number of benzene rings is 2. The minimum absolute atomic E-state index is 0.0344. The van der Waals surface area contributed by atoms with Crippen molar-refractivity contribution in [1.82, 2.24) is 19.8 Å². The van der Waals surface area contributed by atoms with Crippen LogP contribution in [0.5, 0.6) is 11.5 Å². The summed E-state index contributed by atoms with van der Waals surface area (Å²) in [7, 11) is 0. The molecule has 0 bridgehead atoms. The summed E-state index contributed by atoms with van der Waals surface area (Å²) in [6.45, 7) is 3.90. The van der Waals surface area contributed by atoms with Crippen LogP contribution in [0.4, 0.5) is 0 Å². The second-order valence-electron chi connectivity index (χ2n) is 11.8. The quantitative estimate of drug-likeness (QED) is 0.0924. The zero-order chi connectivity index (χ0) is 31.9. The number of hydrogen-bond acceptors (Lipinski definition) is 8. The van der Waals surface area contributed by atoms with E-state index in [1.807, 2.05) is 24.3 Å². The summed E-state index contributed by atoms with van der Waals surface area (Å²) in [6.07, 6.45) is 6.09. The molecule has 0 radical (unpaired) electrons. The maximum Gasteiger partial charge on any atom is 0.306 e. The highest BCUT2D eigenvalue weighted by Crippen LogP contribution is 2.29. The van der Waals surface area contributed by atoms with Gasteiger partial charge in [0.05, 0.1) is 29.1 Å². The molecule has 1 amide bonds. The molecule has 2 heterocycles. The van der Waals surface area contributed by atoms with Gasteiger partial charge in [0.25, 0.3) is 0 Å². The van der Waals surface area contributed by atoms with E-state index in [4.69, 9.17) is 25.8 Å². The second-order valence-corrected chi connectivity index (χ2v) is 11.8. The number of oxime groups is 1. The number of nitrogens with one attached hydrogen (secondary N) is 2. The van der Waals surface area contributed by atoms with Crippen molar-refractivity contribution in [2.75, 3.05) is 26.2 Å². The van der Waals surface area contributed by atoms with E-state index >= 15 is 0 Å². The molecular formula is C32H41N7O6. The minimum Gasteiger partial charge on any atom is -0.491 e. The molecule has 1 saturated heterocycles. The normalized spacial score (nSPS) is 20.0. The number of fused-ring (bicyclic) bond motifs is 1. The van der Waals surface area contributed by atoms with Crippen LogP contribution in [0, 0.1) is 17.2 Å². The Morgan fingerprint density at radius 2 is 1.78 bits per heavy atom. The number of rotatable bonds is 11. The Bertz CT molecular complexity index is 1520. The largest absolute Gasteiger partial charge is 0.491 e. The van der Waals surface area contributed by atoms with Gasteiger partial charge in [0.2, 0.25) is 5.91 Å². The molecule has 45 heavy (non-hydrogen) atoms. The van der Waals surface area contributed by atoms with E-state index in [1.165, 1.54) is 0 Å². The average Bonchev–Trinajstić information content (AvgIpc) is 3.47. The molecule has 13 nitrogen and oxygen atoms in total. The molecule has 2 fully saturated rings. The van der Waals surface area contributed by atoms with Crippen molar-refractivity contribution >= 4 is 34.6 Å². The third kappa shape index (κ3) is 7.83. The van der Waals surface area contributed by atoms with Crippen LogP contribution in [-0.2, 0) is 9.59 Å². The number of hydrogen-bond donors (Lipinski definition) is 5. The Balaban J connectivity index is 1.25. The molecule has 1 aliphatic heterocycles. The van der Waals surface area contributed by atoms with Gasteiger partial charge in [-0.05, 0) is 81.0 Å². The van der Waals surface area contributed by atoms with Gasteiger partial charge in [-0.3, -0.25) is 15.0 Å². The van der Waals surface area contributed by atoms with Crippen molar-refractivity contribution in [2.24, 2.45) is 22.7 Å². The Kier molecular flexibility index (Phi) is 10.1. The zero-order valence-electron chi connectivity index (χ0n) is 25.4. The van der Waals surface area contributed by atoms with E-state index in [2.05, 4.69) is 20.4 Å². The van der Waals surface area contributed by atoms with Gasteiger partial charge in [0, 0.05) is 38.0 Å². The van der Waals surface area contributed by atoms with E-state index in [0.29, 0.717) is 47.6 Å². The highest BCUT2D eigenvalue weighted by Gasteiger charge is 2.28. The second kappa shape index (κ2) is 14.3. The molecule has 5 rings (SSSR count). The number of amides is 1. The first-order valence-corrected chi connectivity index (χ1v) is 15.4. The summed E-state index contributed by atoms with van der Waals surface area (Å²) < 4.78 is 14.0. The van der Waals surface area contributed by atoms with Crippen molar-refractivity contribution < 1.29 is 29.4 Å². The fraction of sp³-hybridized carbons (Fsp3) is 0.469. The smallest absolute Gasteiger partial charge is 0.306 e. The Hall–Kier alpha value is -4.81. The van der Waals surface area contributed by atoms with E-state index in [1.54, 1.807) is 36.0 Å². The number of likely N-dealkylation sites (tertiary alicyclic amines) is 1. The third-order valence-corrected chi connectivity index (χ3v) is 8.83. The maximum atomic E-state index is 13.6. The predicted molar refractivity (Wildman–Crippen MR) is 168 cm³/mol. The number of carbonyl (C=O) groups is 2. The maximum absolute atomic E-state index is 13.6. The first-order valence-electron chi connectivity index (χ1n) is 15.4. The summed E-state index contributed by atoms with van der Waals surface area (Å²) in [5.74, 6) is 0.772. The van der Waals surface area contributed by atoms with Gasteiger partial charge in [-0.2, -0.15) is 0 Å². The average molecular weight is 620 g/mol. The molecule has 1 atom stereocenters. The van der Waals surface area contributed by atoms with Gasteiger partial charge in [-0.25, -0.2) is 4.98 Å². The molecule has 240 valence electrons. The number of piperidine rings is 1. The Morgan fingerprint density at radius 3 is 2.42 bits per heavy atom. The predicted octanol–water partition coefficient (Wildman–Crippen LogP) is 3.60. The first kappa shape index (κ1) is 31.6. The number of imidazole rings is 1. The van der Waals surface area contributed by atoms with Gasteiger partial charge in [0.1, 0.15) is 30.3 Å². The van der Waals surface area contributed by atoms with Gasteiger partial charge in [0.15, 0.2) is 5.84 Å². The van der Waals surface area contributed by atoms with E-state index in [-0.39, 0.29) is 36.3 Å². The molecule has 1 saturated carbocycles. The molecule has 1 unspecified atom stereocenters. The standard InChI is InChI=1S/C32H41N7O6/c1-20(33)38-14-12-26(13-15-38)45-25-9-7-24(8-10-25)44-18-29(31(40)35-17-21-2-4-22(5-3-21)32(41)42)39-19-36-27-16-23(30(34)37-43)6-11-28(27)39/h6-11,16,19,21-22,26,29,33,43H,2-5,12-15,17-18H2,1H3,(H2,34,37)(H,35,40)(H,41,42). The van der Waals surface area contributed by atoms with Crippen LogP contribution >= 0.6 is 0 Å². The number of carboxylic acids is 1. The molecule has 2 aromatic carbocycles. The molecule has 0 spiro atoms. The number of amidine groups is 2. The fourth-order valence-electron chi connectivity index (χ4n) is 6.05. The molecule has 1 aromatic heterocycles. The van der Waals surface area contributed by atoms with Gasteiger partial charge >= 0.3 is 5.97 Å². The lowest BCUT2D eigenvalue weighted by molar-refractivity contribution is -0.143. The van der Waals surface area contributed by atoms with Gasteiger partial charge in [-0.1, -0.05) is 5.16 Å². The fourth-order valence-corrected chi connectivity index (χ4v) is 6.05. The number of aliphatic carboxylic acids is 1. The van der Waals surface area contributed by atoms with Crippen LogP contribution in [0.1, 0.15) is 57.1 Å². The highest BCUT2D eigenvalue weighted by molar-refractivity contribution is 5.99. The number of carboxylic acid groups (broad SMARTS) is 1. The lowest BCUT2D eigenvalue weighted by Crippen LogP contribution is -2.40. The number of nitrogens with zero attached hydrogens (tertiary/aromatic N) is 4. The van der Waals surface area contributed by atoms with Crippen LogP contribution in [0.15, 0.2) is 53.9 Å². The van der Waals surface area contributed by atoms with Crippen molar-refractivity contribution in [3.05, 3.63) is 54.4 Å². The van der Waals surface area contributed by atoms with E-state index in [0.717, 1.165) is 44.5 Å². The van der Waals surface area contributed by atoms with E-state index in [9.17, 15) is 14.7 Å². The van der Waals surface area contributed by atoms with Crippen LogP contribution < -0.4 is 20.5 Å². The van der Waals surface area contributed by atoms with Crippen molar-refractivity contribution in [1.29, 1.82) is 5.41 Å². The molecule has 1 aliphatic carbocycles. The van der Waals surface area contributed by atoms with Crippen LogP contribution in [0.2, 0.25) is 0 Å². The number of ether oxygens (including phenoxy) is 2. The summed E-state index contributed by atoms with van der Waals surface area (Å²) in [4.78, 5) is 31.5. The summed E-state index contributed by atoms with van der Waals surface area (Å²) in [5, 5.41) is 32.3. The monoisotopic (exact) mass is 619 g/mol. The van der Waals surface area contributed by atoms with Crippen molar-refractivity contribution in [3.63, 3.8) is 0 Å². The topological polar surface area (TPSA) is 188 Å². The van der Waals surface area contributed by atoms with Gasteiger partial charge in [-0.15, -0.1) is 0 Å². The first-order chi connectivity index (χ1) is 21.7. The zero-order valence-corrected chi connectivity index (χ0v) is 25.4.